The molecular weight excluding hydrogens is 448 g/mol. The van der Waals surface area contributed by atoms with Crippen LogP contribution < -0.4 is 0 Å². The second kappa shape index (κ2) is 18.4. The molecule has 1 fully saturated rings. The summed E-state index contributed by atoms with van der Waals surface area (Å²) in [6.07, 6.45) is 26.0. The maximum absolute atomic E-state index is 5.79. The number of rotatable bonds is 18. The van der Waals surface area contributed by atoms with E-state index < -0.39 is 0 Å². The van der Waals surface area contributed by atoms with Gasteiger partial charge in [-0.1, -0.05) is 139 Å². The molecule has 0 heterocycles. The molecule has 0 aliphatic heterocycles. The Morgan fingerprint density at radius 1 is 0.649 bits per heavy atom. The molecule has 0 saturated heterocycles. The van der Waals surface area contributed by atoms with E-state index in [1.165, 1.54) is 119 Å². The van der Waals surface area contributed by atoms with Crippen molar-refractivity contribution in [3.8, 4) is 0 Å². The minimum absolute atomic E-state index is 0.762. The lowest BCUT2D eigenvalue weighted by molar-refractivity contribution is 0.117. The molecule has 0 radical (unpaired) electrons. The number of aryl methyl sites for hydroxylation is 2. The van der Waals surface area contributed by atoms with Crippen LogP contribution in [0.25, 0.3) is 6.08 Å². The molecule has 0 spiro atoms. The second-order valence-electron chi connectivity index (χ2n) is 11.5. The van der Waals surface area contributed by atoms with Gasteiger partial charge in [-0.05, 0) is 72.6 Å². The van der Waals surface area contributed by atoms with Crippen LogP contribution in [-0.2, 0) is 24.2 Å². The summed E-state index contributed by atoms with van der Waals surface area (Å²) in [6.45, 7) is 6.08. The number of hydrogen-bond acceptors (Lipinski definition) is 1. The minimum atomic E-state index is 0.762. The molecule has 2 aromatic carbocycles. The summed E-state index contributed by atoms with van der Waals surface area (Å²) >= 11 is 0. The van der Waals surface area contributed by atoms with Gasteiger partial charge in [0.1, 0.15) is 0 Å². The Labute approximate surface area is 229 Å². The van der Waals surface area contributed by atoms with Gasteiger partial charge in [0.2, 0.25) is 0 Å². The van der Waals surface area contributed by atoms with Crippen molar-refractivity contribution in [2.45, 2.75) is 123 Å². The van der Waals surface area contributed by atoms with Crippen molar-refractivity contribution in [3.63, 3.8) is 0 Å². The molecule has 204 valence electrons. The van der Waals surface area contributed by atoms with Crippen LogP contribution in [0, 0.1) is 11.8 Å². The third-order valence-electron chi connectivity index (χ3n) is 8.33. The molecule has 3 rings (SSSR count). The van der Waals surface area contributed by atoms with Crippen molar-refractivity contribution in [1.82, 2.24) is 0 Å². The van der Waals surface area contributed by atoms with Gasteiger partial charge in [-0.25, -0.2) is 0 Å². The van der Waals surface area contributed by atoms with E-state index in [-0.39, 0.29) is 0 Å². The Balaban J connectivity index is 1.18. The summed E-state index contributed by atoms with van der Waals surface area (Å²) in [5.41, 5.74) is 5.63. The molecule has 1 aliphatic carbocycles. The molecule has 0 amide bonds. The highest BCUT2D eigenvalue weighted by atomic mass is 16.5. The molecule has 1 aliphatic rings. The van der Waals surface area contributed by atoms with Gasteiger partial charge in [0, 0.05) is 6.61 Å². The maximum atomic E-state index is 5.79. The van der Waals surface area contributed by atoms with Gasteiger partial charge < -0.3 is 4.74 Å². The van der Waals surface area contributed by atoms with Gasteiger partial charge in [0.15, 0.2) is 0 Å². The summed E-state index contributed by atoms with van der Waals surface area (Å²) in [6, 6.07) is 18.3. The SMILES string of the molecule is CCC=Cc1ccc(CCCCC2CCC(CCCCc3ccc(COCCCCC)cc3)CC2)cc1. The van der Waals surface area contributed by atoms with Gasteiger partial charge in [-0.15, -0.1) is 0 Å². The molecule has 0 aromatic heterocycles. The Kier molecular flexibility index (Phi) is 14.8. The van der Waals surface area contributed by atoms with E-state index in [1.54, 1.807) is 0 Å². The van der Waals surface area contributed by atoms with Crippen LogP contribution in [0.1, 0.15) is 126 Å². The quantitative estimate of drug-likeness (QED) is 0.184. The van der Waals surface area contributed by atoms with Crippen molar-refractivity contribution in [2.75, 3.05) is 6.61 Å². The summed E-state index contributed by atoms with van der Waals surface area (Å²) in [5.74, 6) is 1.98. The highest BCUT2D eigenvalue weighted by Gasteiger charge is 2.20. The van der Waals surface area contributed by atoms with Crippen LogP contribution in [0.5, 0.6) is 0 Å². The van der Waals surface area contributed by atoms with Gasteiger partial charge in [-0.3, -0.25) is 0 Å². The van der Waals surface area contributed by atoms with Crippen LogP contribution in [0.2, 0.25) is 0 Å². The first-order chi connectivity index (χ1) is 18.3. The third kappa shape index (κ3) is 12.5. The lowest BCUT2D eigenvalue weighted by Gasteiger charge is -2.28. The molecule has 2 aromatic rings. The standard InChI is InChI=1S/C36H54O/c1-3-5-11-29-37-30-36-27-25-35(26-28-36)16-10-9-15-34-23-21-33(22-24-34)14-8-7-13-32-19-17-31(18-20-32)12-6-4-2/h6,12,17-20,25-28,33-34H,3-5,7-11,13-16,21-24,29-30H2,1-2H3. The predicted molar refractivity (Wildman–Crippen MR) is 162 cm³/mol. The monoisotopic (exact) mass is 502 g/mol. The Morgan fingerprint density at radius 3 is 1.73 bits per heavy atom. The van der Waals surface area contributed by atoms with Crippen LogP contribution in [0.15, 0.2) is 54.6 Å². The highest BCUT2D eigenvalue weighted by Crippen LogP contribution is 2.34. The Morgan fingerprint density at radius 2 is 1.19 bits per heavy atom. The first kappa shape index (κ1) is 29.7. The number of ether oxygens (including phenoxy) is 1. The zero-order valence-electron chi connectivity index (χ0n) is 24.1. The number of allylic oxidation sites excluding steroid dienone is 1. The van der Waals surface area contributed by atoms with Crippen molar-refractivity contribution in [1.29, 1.82) is 0 Å². The van der Waals surface area contributed by atoms with E-state index in [4.69, 9.17) is 4.74 Å². The lowest BCUT2D eigenvalue weighted by atomic mass is 9.78. The number of benzene rings is 2. The van der Waals surface area contributed by atoms with Crippen molar-refractivity contribution < 1.29 is 4.74 Å². The maximum Gasteiger partial charge on any atom is 0.0716 e. The van der Waals surface area contributed by atoms with Crippen molar-refractivity contribution in [2.24, 2.45) is 11.8 Å². The van der Waals surface area contributed by atoms with Crippen molar-refractivity contribution in [3.05, 3.63) is 76.9 Å². The summed E-state index contributed by atoms with van der Waals surface area (Å²) < 4.78 is 5.79. The zero-order chi connectivity index (χ0) is 26.0. The van der Waals surface area contributed by atoms with Gasteiger partial charge in [-0.2, -0.15) is 0 Å². The van der Waals surface area contributed by atoms with Crippen LogP contribution >= 0.6 is 0 Å². The lowest BCUT2D eigenvalue weighted by Crippen LogP contribution is -2.14. The molecule has 1 heteroatoms. The van der Waals surface area contributed by atoms with E-state index in [9.17, 15) is 0 Å². The van der Waals surface area contributed by atoms with Crippen LogP contribution in [0.3, 0.4) is 0 Å². The Hall–Kier alpha value is -1.86. The first-order valence-corrected chi connectivity index (χ1v) is 15.7. The Bertz CT molecular complexity index is 839. The number of unbranched alkanes of at least 4 members (excludes halogenated alkanes) is 4. The zero-order valence-corrected chi connectivity index (χ0v) is 24.1. The van der Waals surface area contributed by atoms with E-state index in [2.05, 4.69) is 74.5 Å². The van der Waals surface area contributed by atoms with Gasteiger partial charge >= 0.3 is 0 Å². The van der Waals surface area contributed by atoms with E-state index in [0.717, 1.165) is 31.5 Å². The number of hydrogen-bond donors (Lipinski definition) is 0. The van der Waals surface area contributed by atoms with E-state index in [0.29, 0.717) is 0 Å². The molecule has 0 N–H and O–H groups in total. The first-order valence-electron chi connectivity index (χ1n) is 15.7. The summed E-state index contributed by atoms with van der Waals surface area (Å²) in [7, 11) is 0. The minimum Gasteiger partial charge on any atom is -0.377 e. The molecule has 37 heavy (non-hydrogen) atoms. The fraction of sp³-hybridized carbons (Fsp3) is 0.611. The summed E-state index contributed by atoms with van der Waals surface area (Å²) in [4.78, 5) is 0. The highest BCUT2D eigenvalue weighted by molar-refractivity contribution is 5.49. The molecule has 1 nitrogen and oxygen atoms in total. The predicted octanol–water partition coefficient (Wildman–Crippen LogP) is 10.7. The smallest absolute Gasteiger partial charge is 0.0716 e. The fourth-order valence-electron chi connectivity index (χ4n) is 5.83. The summed E-state index contributed by atoms with van der Waals surface area (Å²) in [5, 5.41) is 0. The van der Waals surface area contributed by atoms with Gasteiger partial charge in [0.25, 0.3) is 0 Å². The van der Waals surface area contributed by atoms with Gasteiger partial charge in [0.05, 0.1) is 6.61 Å². The molecule has 1 saturated carbocycles. The molecule has 0 bridgehead atoms. The normalized spacial score (nSPS) is 18.0. The third-order valence-corrected chi connectivity index (χ3v) is 8.33. The van der Waals surface area contributed by atoms with E-state index >= 15 is 0 Å². The largest absolute Gasteiger partial charge is 0.377 e. The van der Waals surface area contributed by atoms with Crippen LogP contribution in [-0.4, -0.2) is 6.61 Å². The van der Waals surface area contributed by atoms with Crippen molar-refractivity contribution >= 4 is 6.08 Å². The fourth-order valence-corrected chi connectivity index (χ4v) is 5.83. The van der Waals surface area contributed by atoms with E-state index in [1.807, 2.05) is 0 Å². The topological polar surface area (TPSA) is 9.23 Å². The second-order valence-corrected chi connectivity index (χ2v) is 11.5. The average Bonchev–Trinajstić information content (AvgIpc) is 2.94. The molecule has 0 atom stereocenters. The molecule has 0 unspecified atom stereocenters. The molecular formula is C36H54O. The van der Waals surface area contributed by atoms with Crippen LogP contribution in [0.4, 0.5) is 0 Å². The average molecular weight is 503 g/mol.